The zero-order valence-electron chi connectivity index (χ0n) is 12.8. The van der Waals surface area contributed by atoms with Crippen LogP contribution in [0.2, 0.25) is 0 Å². The van der Waals surface area contributed by atoms with Gasteiger partial charge in [-0.3, -0.25) is 9.59 Å². The largest absolute Gasteiger partial charge is 0.421 e. The maximum absolute atomic E-state index is 12.7. The van der Waals surface area contributed by atoms with E-state index in [1.54, 1.807) is 4.90 Å². The molecule has 8 heteroatoms. The van der Waals surface area contributed by atoms with Crippen LogP contribution in [0.25, 0.3) is 0 Å². The van der Waals surface area contributed by atoms with Gasteiger partial charge < -0.3 is 14.2 Å². The number of hydrogen-bond acceptors (Lipinski definition) is 3. The first-order chi connectivity index (χ1) is 10.8. The smallest absolute Gasteiger partial charge is 0.380 e. The minimum absolute atomic E-state index is 0.0797. The van der Waals surface area contributed by atoms with Crippen LogP contribution in [0.5, 0.6) is 0 Å². The van der Waals surface area contributed by atoms with Gasteiger partial charge in [0, 0.05) is 19.3 Å². The fraction of sp³-hybridized carbons (Fsp3) is 0.600. The lowest BCUT2D eigenvalue weighted by Gasteiger charge is -2.25. The molecule has 1 amide bonds. The van der Waals surface area contributed by atoms with Crippen LogP contribution in [0, 0.1) is 0 Å². The van der Waals surface area contributed by atoms with Crippen LogP contribution in [0.1, 0.15) is 25.3 Å². The molecule has 1 aliphatic heterocycles. The molecule has 23 heavy (non-hydrogen) atoms. The van der Waals surface area contributed by atoms with Crippen molar-refractivity contribution in [3.8, 4) is 0 Å². The topological polar surface area (TPSA) is 51.5 Å². The fourth-order valence-corrected chi connectivity index (χ4v) is 2.70. The molecule has 0 spiro atoms. The molecule has 1 aromatic rings. The minimum atomic E-state index is -4.73. The third-order valence-corrected chi connectivity index (χ3v) is 3.84. The summed E-state index contributed by atoms with van der Waals surface area (Å²) in [6, 6.07) is 1.76. The molecule has 1 aliphatic rings. The Kier molecular flexibility index (Phi) is 5.46. The van der Waals surface area contributed by atoms with Crippen LogP contribution in [0.3, 0.4) is 0 Å². The molecular formula is C15H19F3N2O3. The maximum Gasteiger partial charge on any atom is 0.421 e. The predicted octanol–water partition coefficient (Wildman–Crippen LogP) is 1.89. The Balaban J connectivity index is 2.13. The molecule has 0 N–H and O–H groups in total. The summed E-state index contributed by atoms with van der Waals surface area (Å²) in [5.74, 6) is -0.367. The van der Waals surface area contributed by atoms with Crippen molar-refractivity contribution in [1.82, 2.24) is 9.47 Å². The average molecular weight is 332 g/mol. The first-order valence-corrected chi connectivity index (χ1v) is 7.48. The second-order valence-corrected chi connectivity index (χ2v) is 5.40. The Morgan fingerprint density at radius 3 is 2.83 bits per heavy atom. The average Bonchev–Trinajstić information content (AvgIpc) is 2.94. The summed E-state index contributed by atoms with van der Waals surface area (Å²) in [4.78, 5) is 25.8. The van der Waals surface area contributed by atoms with Crippen LogP contribution in [-0.2, 0) is 22.3 Å². The summed E-state index contributed by atoms with van der Waals surface area (Å²) >= 11 is 0. The summed E-state index contributed by atoms with van der Waals surface area (Å²) in [6.45, 7) is 2.92. The number of ether oxygens (including phenoxy) is 1. The van der Waals surface area contributed by atoms with Crippen LogP contribution in [0.15, 0.2) is 23.1 Å². The Labute approximate surface area is 131 Å². The van der Waals surface area contributed by atoms with Gasteiger partial charge in [0.2, 0.25) is 5.91 Å². The van der Waals surface area contributed by atoms with Crippen molar-refractivity contribution in [1.29, 1.82) is 0 Å². The number of amides is 1. The highest BCUT2D eigenvalue weighted by Gasteiger charge is 2.35. The molecule has 0 saturated carbocycles. The Bertz CT molecular complexity index is 613. The second kappa shape index (κ2) is 7.16. The van der Waals surface area contributed by atoms with Crippen LogP contribution in [0.4, 0.5) is 13.2 Å². The number of likely N-dealkylation sites (tertiary alicyclic amines) is 1. The third-order valence-electron chi connectivity index (χ3n) is 3.84. The number of pyridine rings is 1. The molecule has 0 aliphatic carbocycles. The van der Waals surface area contributed by atoms with Gasteiger partial charge in [-0.05, 0) is 31.9 Å². The summed E-state index contributed by atoms with van der Waals surface area (Å²) in [7, 11) is 0. The maximum atomic E-state index is 12.7. The molecule has 0 unspecified atom stereocenters. The SMILES string of the molecule is CCOC[C@@H]1CCCN1C(=O)Cn1cccc(C(F)(F)F)c1=O. The second-order valence-electron chi connectivity index (χ2n) is 5.40. The number of aromatic nitrogens is 1. The number of rotatable bonds is 5. The van der Waals surface area contributed by atoms with Crippen molar-refractivity contribution in [3.63, 3.8) is 0 Å². The summed E-state index contributed by atoms with van der Waals surface area (Å²) in [6.07, 6.45) is -1.92. The van der Waals surface area contributed by atoms with Crippen molar-refractivity contribution < 1.29 is 22.7 Å². The Morgan fingerprint density at radius 2 is 2.17 bits per heavy atom. The van der Waals surface area contributed by atoms with Crippen LogP contribution >= 0.6 is 0 Å². The van der Waals surface area contributed by atoms with Crippen molar-refractivity contribution in [2.75, 3.05) is 19.8 Å². The fourth-order valence-electron chi connectivity index (χ4n) is 2.70. The van der Waals surface area contributed by atoms with Gasteiger partial charge in [0.15, 0.2) is 0 Å². The van der Waals surface area contributed by atoms with Crippen molar-refractivity contribution >= 4 is 5.91 Å². The number of alkyl halides is 3. The molecule has 1 aromatic heterocycles. The van der Waals surface area contributed by atoms with Crippen LogP contribution in [-0.4, -0.2) is 41.2 Å². The van der Waals surface area contributed by atoms with Gasteiger partial charge in [0.1, 0.15) is 12.1 Å². The van der Waals surface area contributed by atoms with Gasteiger partial charge in [0.25, 0.3) is 5.56 Å². The van der Waals surface area contributed by atoms with Gasteiger partial charge in [-0.25, -0.2) is 0 Å². The van der Waals surface area contributed by atoms with E-state index in [9.17, 15) is 22.8 Å². The lowest BCUT2D eigenvalue weighted by molar-refractivity contribution is -0.140. The number of halogens is 3. The Morgan fingerprint density at radius 1 is 1.43 bits per heavy atom. The minimum Gasteiger partial charge on any atom is -0.380 e. The normalized spacial score (nSPS) is 18.4. The van der Waals surface area contributed by atoms with E-state index in [1.807, 2.05) is 6.92 Å². The van der Waals surface area contributed by atoms with E-state index < -0.39 is 23.8 Å². The molecule has 1 fully saturated rings. The zero-order valence-corrected chi connectivity index (χ0v) is 12.8. The van der Waals surface area contributed by atoms with E-state index >= 15 is 0 Å². The highest BCUT2D eigenvalue weighted by atomic mass is 19.4. The number of carbonyl (C=O) groups excluding carboxylic acids is 1. The first-order valence-electron chi connectivity index (χ1n) is 7.48. The van der Waals surface area contributed by atoms with E-state index in [2.05, 4.69) is 0 Å². The first kappa shape index (κ1) is 17.5. The number of hydrogen-bond donors (Lipinski definition) is 0. The molecule has 2 rings (SSSR count). The van der Waals surface area contributed by atoms with Crippen molar-refractivity contribution in [2.45, 2.75) is 38.5 Å². The molecular weight excluding hydrogens is 313 g/mol. The van der Waals surface area contributed by atoms with Gasteiger partial charge in [0.05, 0.1) is 12.6 Å². The lowest BCUT2D eigenvalue weighted by Crippen LogP contribution is -2.42. The van der Waals surface area contributed by atoms with Gasteiger partial charge in [-0.2, -0.15) is 13.2 Å². The van der Waals surface area contributed by atoms with E-state index in [4.69, 9.17) is 4.74 Å². The molecule has 5 nitrogen and oxygen atoms in total. The standard InChI is InChI=1S/C15H19F3N2O3/c1-2-23-10-11-5-3-8-20(11)13(21)9-19-7-4-6-12(14(19)22)15(16,17)18/h4,6-7,11H,2-3,5,8-10H2,1H3/t11-/m0/s1. The molecule has 0 aromatic carbocycles. The van der Waals surface area contributed by atoms with Crippen molar-refractivity contribution in [2.24, 2.45) is 0 Å². The quantitative estimate of drug-likeness (QED) is 0.827. The number of nitrogens with zero attached hydrogens (tertiary/aromatic N) is 2. The third kappa shape index (κ3) is 4.13. The van der Waals surface area contributed by atoms with E-state index in [0.29, 0.717) is 19.8 Å². The van der Waals surface area contributed by atoms with Gasteiger partial charge in [-0.15, -0.1) is 0 Å². The monoisotopic (exact) mass is 332 g/mol. The van der Waals surface area contributed by atoms with Crippen molar-refractivity contribution in [3.05, 3.63) is 34.2 Å². The molecule has 2 heterocycles. The molecule has 0 bridgehead atoms. The summed E-state index contributed by atoms with van der Waals surface area (Å²) in [5, 5.41) is 0. The highest BCUT2D eigenvalue weighted by Crippen LogP contribution is 2.26. The lowest BCUT2D eigenvalue weighted by atomic mass is 10.2. The molecule has 128 valence electrons. The highest BCUT2D eigenvalue weighted by molar-refractivity contribution is 5.76. The van der Waals surface area contributed by atoms with E-state index in [1.165, 1.54) is 6.20 Å². The number of carbonyl (C=O) groups is 1. The van der Waals surface area contributed by atoms with Gasteiger partial charge >= 0.3 is 6.18 Å². The molecule has 1 atom stereocenters. The van der Waals surface area contributed by atoms with E-state index in [0.717, 1.165) is 29.5 Å². The zero-order chi connectivity index (χ0) is 17.0. The summed E-state index contributed by atoms with van der Waals surface area (Å²) in [5.41, 5.74) is -2.46. The predicted molar refractivity (Wildman–Crippen MR) is 76.9 cm³/mol. The molecule has 0 radical (unpaired) electrons. The van der Waals surface area contributed by atoms with E-state index in [-0.39, 0.29) is 11.9 Å². The summed E-state index contributed by atoms with van der Waals surface area (Å²) < 4.78 is 44.4. The van der Waals surface area contributed by atoms with Gasteiger partial charge in [-0.1, -0.05) is 0 Å². The molecule has 1 saturated heterocycles. The Hall–Kier alpha value is -1.83. The van der Waals surface area contributed by atoms with Crippen LogP contribution < -0.4 is 5.56 Å².